The van der Waals surface area contributed by atoms with Crippen LogP contribution in [0, 0.1) is 0 Å². The van der Waals surface area contributed by atoms with Gasteiger partial charge in [0.2, 0.25) is 0 Å². The first-order valence-corrected chi connectivity index (χ1v) is 6.21. The van der Waals surface area contributed by atoms with E-state index in [0.29, 0.717) is 19.1 Å². The number of nitrogens with zero attached hydrogens (tertiary/aromatic N) is 3. The highest BCUT2D eigenvalue weighted by molar-refractivity contribution is 14.0. The molecular formula is C13H24IN5O. The van der Waals surface area contributed by atoms with E-state index < -0.39 is 0 Å². The van der Waals surface area contributed by atoms with Crippen molar-refractivity contribution in [1.29, 1.82) is 0 Å². The Bertz CT molecular complexity index is 425. The number of anilines is 1. The number of rotatable bonds is 6. The molecule has 0 spiro atoms. The molecule has 0 aliphatic carbocycles. The molecule has 0 aromatic carbocycles. The van der Waals surface area contributed by atoms with Gasteiger partial charge >= 0.3 is 0 Å². The van der Waals surface area contributed by atoms with Crippen molar-refractivity contribution in [3.63, 3.8) is 0 Å². The second-order valence-corrected chi connectivity index (χ2v) is 4.58. The summed E-state index contributed by atoms with van der Waals surface area (Å²) in [4.78, 5) is 10.6. The molecule has 1 heterocycles. The van der Waals surface area contributed by atoms with Crippen molar-refractivity contribution in [2.24, 2.45) is 10.7 Å². The zero-order valence-electron chi connectivity index (χ0n) is 12.5. The normalized spacial score (nSPS) is 12.5. The summed E-state index contributed by atoms with van der Waals surface area (Å²) in [6.45, 7) is 3.08. The number of nitrogens with one attached hydrogen (secondary N) is 1. The topological polar surface area (TPSA) is 75.8 Å². The molecule has 1 aromatic rings. The number of halogens is 1. The van der Waals surface area contributed by atoms with Crippen molar-refractivity contribution in [3.8, 4) is 0 Å². The molecule has 114 valence electrons. The summed E-state index contributed by atoms with van der Waals surface area (Å²) in [5.41, 5.74) is 6.87. The van der Waals surface area contributed by atoms with Crippen LogP contribution < -0.4 is 16.0 Å². The number of hydrogen-bond acceptors (Lipinski definition) is 4. The number of ether oxygens (including phenoxy) is 1. The summed E-state index contributed by atoms with van der Waals surface area (Å²) in [6.07, 6.45) is 1.77. The van der Waals surface area contributed by atoms with Crippen LogP contribution >= 0.6 is 24.0 Å². The molecular weight excluding hydrogens is 369 g/mol. The number of aromatic nitrogens is 1. The standard InChI is InChI=1S/C13H23N5O.HI/c1-10(9-19-4)17-13(14)16-8-11-6-5-7-15-12(11)18(2)3;/h5-7,10H,8-9H2,1-4H3,(H3,14,16,17);1H. The molecule has 0 amide bonds. The summed E-state index contributed by atoms with van der Waals surface area (Å²) in [7, 11) is 5.57. The Morgan fingerprint density at radius 3 is 2.85 bits per heavy atom. The zero-order chi connectivity index (χ0) is 14.3. The first kappa shape index (κ1) is 18.9. The minimum Gasteiger partial charge on any atom is -0.383 e. The van der Waals surface area contributed by atoms with Gasteiger partial charge in [0, 0.05) is 39.0 Å². The van der Waals surface area contributed by atoms with E-state index in [1.807, 2.05) is 38.1 Å². The van der Waals surface area contributed by atoms with Crippen molar-refractivity contribution in [2.75, 3.05) is 32.7 Å². The van der Waals surface area contributed by atoms with Crippen LogP contribution in [0.3, 0.4) is 0 Å². The first-order valence-electron chi connectivity index (χ1n) is 6.21. The van der Waals surface area contributed by atoms with Gasteiger partial charge in [0.25, 0.3) is 0 Å². The fourth-order valence-electron chi connectivity index (χ4n) is 1.72. The van der Waals surface area contributed by atoms with Gasteiger partial charge in [-0.05, 0) is 13.0 Å². The predicted octanol–water partition coefficient (Wildman–Crippen LogP) is 1.20. The molecule has 6 nitrogen and oxygen atoms in total. The van der Waals surface area contributed by atoms with E-state index in [1.54, 1.807) is 13.3 Å². The Labute approximate surface area is 137 Å². The quantitative estimate of drug-likeness (QED) is 0.432. The van der Waals surface area contributed by atoms with Crippen LogP contribution in [-0.4, -0.2) is 44.8 Å². The Kier molecular flexibility index (Phi) is 9.23. The third kappa shape index (κ3) is 6.38. The highest BCUT2D eigenvalue weighted by Gasteiger charge is 2.05. The molecule has 1 atom stereocenters. The van der Waals surface area contributed by atoms with Gasteiger partial charge in [-0.3, -0.25) is 0 Å². The van der Waals surface area contributed by atoms with Gasteiger partial charge < -0.3 is 20.7 Å². The number of hydrogen-bond donors (Lipinski definition) is 2. The molecule has 0 radical (unpaired) electrons. The lowest BCUT2D eigenvalue weighted by Gasteiger charge is -2.15. The van der Waals surface area contributed by atoms with E-state index >= 15 is 0 Å². The van der Waals surface area contributed by atoms with E-state index in [4.69, 9.17) is 10.5 Å². The lowest BCUT2D eigenvalue weighted by atomic mass is 10.2. The molecule has 1 unspecified atom stereocenters. The Hall–Kier alpha value is -1.09. The fourth-order valence-corrected chi connectivity index (χ4v) is 1.72. The van der Waals surface area contributed by atoms with Gasteiger partial charge in [0.1, 0.15) is 5.82 Å². The number of methoxy groups -OCH3 is 1. The van der Waals surface area contributed by atoms with E-state index in [9.17, 15) is 0 Å². The van der Waals surface area contributed by atoms with Gasteiger partial charge in [0.05, 0.1) is 13.2 Å². The average molecular weight is 393 g/mol. The number of pyridine rings is 1. The van der Waals surface area contributed by atoms with Crippen LogP contribution in [-0.2, 0) is 11.3 Å². The third-order valence-corrected chi connectivity index (χ3v) is 2.52. The van der Waals surface area contributed by atoms with Crippen LogP contribution in [0.25, 0.3) is 0 Å². The predicted molar refractivity (Wildman–Crippen MR) is 93.8 cm³/mol. The van der Waals surface area contributed by atoms with Crippen molar-refractivity contribution in [3.05, 3.63) is 23.9 Å². The minimum absolute atomic E-state index is 0. The minimum atomic E-state index is 0. The maximum atomic E-state index is 5.83. The molecule has 7 heteroatoms. The molecule has 0 bridgehead atoms. The highest BCUT2D eigenvalue weighted by Crippen LogP contribution is 2.14. The second kappa shape index (κ2) is 9.76. The molecule has 0 fully saturated rings. The maximum absolute atomic E-state index is 5.83. The van der Waals surface area contributed by atoms with E-state index in [0.717, 1.165) is 11.4 Å². The van der Waals surface area contributed by atoms with Crippen LogP contribution in [0.5, 0.6) is 0 Å². The summed E-state index contributed by atoms with van der Waals surface area (Å²) in [6, 6.07) is 4.03. The largest absolute Gasteiger partial charge is 0.383 e. The molecule has 1 aromatic heterocycles. The molecule has 0 saturated heterocycles. The molecule has 3 N–H and O–H groups in total. The molecule has 0 aliphatic heterocycles. The molecule has 1 rings (SSSR count). The summed E-state index contributed by atoms with van der Waals surface area (Å²) >= 11 is 0. The molecule has 0 aliphatic rings. The zero-order valence-corrected chi connectivity index (χ0v) is 14.8. The SMILES string of the molecule is COCC(C)NC(N)=NCc1cccnc1N(C)C.I. The molecule has 20 heavy (non-hydrogen) atoms. The van der Waals surface area contributed by atoms with Crippen LogP contribution in [0.15, 0.2) is 23.3 Å². The summed E-state index contributed by atoms with van der Waals surface area (Å²) in [5, 5.41) is 3.07. The van der Waals surface area contributed by atoms with Crippen LogP contribution in [0.2, 0.25) is 0 Å². The van der Waals surface area contributed by atoms with Gasteiger partial charge in [-0.15, -0.1) is 24.0 Å². The van der Waals surface area contributed by atoms with Gasteiger partial charge in [-0.1, -0.05) is 6.07 Å². The number of guanidine groups is 1. The average Bonchev–Trinajstić information content (AvgIpc) is 2.36. The van der Waals surface area contributed by atoms with E-state index in [1.165, 1.54) is 0 Å². The smallest absolute Gasteiger partial charge is 0.189 e. The summed E-state index contributed by atoms with van der Waals surface area (Å²) in [5.74, 6) is 1.32. The lowest BCUT2D eigenvalue weighted by Crippen LogP contribution is -2.40. The van der Waals surface area contributed by atoms with Gasteiger partial charge in [-0.2, -0.15) is 0 Å². The van der Waals surface area contributed by atoms with Gasteiger partial charge in [0.15, 0.2) is 5.96 Å². The Morgan fingerprint density at radius 2 is 2.25 bits per heavy atom. The monoisotopic (exact) mass is 393 g/mol. The third-order valence-electron chi connectivity index (χ3n) is 2.52. The number of nitrogens with two attached hydrogens (primary N) is 1. The maximum Gasteiger partial charge on any atom is 0.189 e. The Balaban J connectivity index is 0.00000361. The van der Waals surface area contributed by atoms with Crippen LogP contribution in [0.1, 0.15) is 12.5 Å². The van der Waals surface area contributed by atoms with Crippen molar-refractivity contribution in [1.82, 2.24) is 10.3 Å². The number of aliphatic imine (C=N–C) groups is 1. The van der Waals surface area contributed by atoms with Gasteiger partial charge in [-0.25, -0.2) is 9.98 Å². The van der Waals surface area contributed by atoms with Crippen molar-refractivity contribution >= 4 is 35.8 Å². The lowest BCUT2D eigenvalue weighted by molar-refractivity contribution is 0.179. The molecule has 0 saturated carbocycles. The fraction of sp³-hybridized carbons (Fsp3) is 0.538. The first-order chi connectivity index (χ1) is 9.04. The van der Waals surface area contributed by atoms with Crippen LogP contribution in [0.4, 0.5) is 5.82 Å². The second-order valence-electron chi connectivity index (χ2n) is 4.58. The van der Waals surface area contributed by atoms with Crippen molar-refractivity contribution in [2.45, 2.75) is 19.5 Å². The Morgan fingerprint density at radius 1 is 1.55 bits per heavy atom. The highest BCUT2D eigenvalue weighted by atomic mass is 127. The van der Waals surface area contributed by atoms with Crippen molar-refractivity contribution < 1.29 is 4.74 Å². The summed E-state index contributed by atoms with van der Waals surface area (Å²) < 4.78 is 5.03. The van der Waals surface area contributed by atoms with E-state index in [2.05, 4.69) is 15.3 Å². The van der Waals surface area contributed by atoms with E-state index in [-0.39, 0.29) is 30.0 Å².